The van der Waals surface area contributed by atoms with Gasteiger partial charge in [0.1, 0.15) is 5.82 Å². The molecule has 0 spiro atoms. The Bertz CT molecular complexity index is 435. The topological polar surface area (TPSA) is 43.8 Å². The van der Waals surface area contributed by atoms with E-state index in [-0.39, 0.29) is 0 Å². The van der Waals surface area contributed by atoms with Crippen LogP contribution in [0.25, 0.3) is 0 Å². The van der Waals surface area contributed by atoms with Gasteiger partial charge in [-0.1, -0.05) is 19.3 Å². The molecule has 0 aliphatic heterocycles. The van der Waals surface area contributed by atoms with Gasteiger partial charge in [0, 0.05) is 11.7 Å². The Hall–Kier alpha value is -0.830. The van der Waals surface area contributed by atoms with Gasteiger partial charge in [0.2, 0.25) is 0 Å². The monoisotopic (exact) mass is 261 g/mol. The smallest absolute Gasteiger partial charge is 0.106 e. The minimum absolute atomic E-state index is 0.613. The first-order valence-electron chi connectivity index (χ1n) is 8.08. The maximum absolute atomic E-state index is 6.06. The first kappa shape index (κ1) is 13.2. The fourth-order valence-corrected chi connectivity index (χ4v) is 4.12. The van der Waals surface area contributed by atoms with Crippen LogP contribution in [0.15, 0.2) is 0 Å². The number of aromatic nitrogens is 2. The van der Waals surface area contributed by atoms with Gasteiger partial charge >= 0.3 is 0 Å². The van der Waals surface area contributed by atoms with Crippen LogP contribution in [0.1, 0.15) is 68.2 Å². The highest BCUT2D eigenvalue weighted by atomic mass is 15.1. The van der Waals surface area contributed by atoms with Crippen LogP contribution in [0, 0.1) is 12.8 Å². The quantitative estimate of drug-likeness (QED) is 0.831. The van der Waals surface area contributed by atoms with Crippen LogP contribution in [0.5, 0.6) is 0 Å². The number of rotatable bonds is 2. The van der Waals surface area contributed by atoms with E-state index in [0.717, 1.165) is 6.54 Å². The summed E-state index contributed by atoms with van der Waals surface area (Å²) in [6.07, 6.45) is 11.7. The van der Waals surface area contributed by atoms with Crippen LogP contribution < -0.4 is 5.73 Å². The molecule has 2 aliphatic rings. The normalized spacial score (nSPS) is 27.9. The van der Waals surface area contributed by atoms with E-state index in [1.165, 1.54) is 75.0 Å². The lowest BCUT2D eigenvalue weighted by Gasteiger charge is -2.29. The van der Waals surface area contributed by atoms with Crippen LogP contribution in [-0.2, 0) is 12.8 Å². The minimum atomic E-state index is 0.613. The maximum Gasteiger partial charge on any atom is 0.106 e. The summed E-state index contributed by atoms with van der Waals surface area (Å²) in [5, 5.41) is 0. The maximum atomic E-state index is 6.06. The van der Waals surface area contributed by atoms with Crippen molar-refractivity contribution in [2.75, 3.05) is 6.54 Å². The Kier molecular flexibility index (Phi) is 3.92. The van der Waals surface area contributed by atoms with Gasteiger partial charge < -0.3 is 10.3 Å². The lowest BCUT2D eigenvalue weighted by Crippen LogP contribution is -2.27. The number of imidazole rings is 1. The van der Waals surface area contributed by atoms with E-state index in [9.17, 15) is 0 Å². The summed E-state index contributed by atoms with van der Waals surface area (Å²) in [7, 11) is 0. The van der Waals surface area contributed by atoms with E-state index in [1.54, 1.807) is 0 Å². The Morgan fingerprint density at radius 2 is 1.89 bits per heavy atom. The zero-order valence-corrected chi connectivity index (χ0v) is 12.2. The van der Waals surface area contributed by atoms with Gasteiger partial charge in [-0.15, -0.1) is 0 Å². The number of hydrogen-bond donors (Lipinski definition) is 1. The number of nitrogens with zero attached hydrogens (tertiary/aromatic N) is 2. The molecule has 1 fully saturated rings. The molecule has 0 bridgehead atoms. The van der Waals surface area contributed by atoms with E-state index in [0.29, 0.717) is 12.0 Å². The molecule has 1 aromatic rings. The van der Waals surface area contributed by atoms with Crippen molar-refractivity contribution in [3.63, 3.8) is 0 Å². The van der Waals surface area contributed by atoms with Crippen molar-refractivity contribution in [2.24, 2.45) is 11.7 Å². The van der Waals surface area contributed by atoms with Crippen molar-refractivity contribution in [2.45, 2.75) is 70.8 Å². The summed E-state index contributed by atoms with van der Waals surface area (Å²) in [5.74, 6) is 1.89. The van der Waals surface area contributed by atoms with Crippen molar-refractivity contribution in [1.82, 2.24) is 9.55 Å². The molecule has 2 N–H and O–H groups in total. The first-order valence-corrected chi connectivity index (χ1v) is 8.08. The molecule has 3 heteroatoms. The molecule has 2 unspecified atom stereocenters. The molecule has 0 radical (unpaired) electrons. The highest BCUT2D eigenvalue weighted by molar-refractivity contribution is 5.21. The Labute approximate surface area is 116 Å². The third-order valence-corrected chi connectivity index (χ3v) is 5.10. The highest BCUT2D eigenvalue weighted by Gasteiger charge is 2.29. The summed E-state index contributed by atoms with van der Waals surface area (Å²) < 4.78 is 2.58. The van der Waals surface area contributed by atoms with Crippen LogP contribution in [0.4, 0.5) is 0 Å². The van der Waals surface area contributed by atoms with Crippen LogP contribution in [0.3, 0.4) is 0 Å². The van der Waals surface area contributed by atoms with Crippen molar-refractivity contribution in [3.05, 3.63) is 17.2 Å². The average molecular weight is 261 g/mol. The first-order chi connectivity index (χ1) is 9.31. The lowest BCUT2D eigenvalue weighted by atomic mass is 9.93. The van der Waals surface area contributed by atoms with E-state index in [2.05, 4.69) is 11.5 Å². The molecule has 2 atom stereocenters. The SMILES string of the molecule is Cc1nc2c(n1C1CCCCCC1CN)CCCC2. The van der Waals surface area contributed by atoms with Gasteiger partial charge in [0.15, 0.2) is 0 Å². The summed E-state index contributed by atoms with van der Waals surface area (Å²) in [5.41, 5.74) is 8.98. The van der Waals surface area contributed by atoms with E-state index in [4.69, 9.17) is 10.7 Å². The van der Waals surface area contributed by atoms with Crippen molar-refractivity contribution in [3.8, 4) is 0 Å². The summed E-state index contributed by atoms with van der Waals surface area (Å²) in [6, 6.07) is 0.613. The Morgan fingerprint density at radius 3 is 2.74 bits per heavy atom. The molecule has 19 heavy (non-hydrogen) atoms. The molecule has 0 amide bonds. The predicted octanol–water partition coefficient (Wildman–Crippen LogP) is 3.15. The zero-order valence-electron chi connectivity index (χ0n) is 12.2. The lowest BCUT2D eigenvalue weighted by molar-refractivity contribution is 0.305. The second kappa shape index (κ2) is 5.66. The van der Waals surface area contributed by atoms with Crippen LogP contribution in [0.2, 0.25) is 0 Å². The summed E-state index contributed by atoms with van der Waals surface area (Å²) >= 11 is 0. The summed E-state index contributed by atoms with van der Waals surface area (Å²) in [4.78, 5) is 4.85. The largest absolute Gasteiger partial charge is 0.330 e. The van der Waals surface area contributed by atoms with Crippen LogP contribution in [-0.4, -0.2) is 16.1 Å². The molecule has 0 aromatic carbocycles. The van der Waals surface area contributed by atoms with Crippen molar-refractivity contribution < 1.29 is 0 Å². The van der Waals surface area contributed by atoms with Gasteiger partial charge in [-0.05, 0) is 57.9 Å². The van der Waals surface area contributed by atoms with Gasteiger partial charge in [0.05, 0.1) is 5.69 Å². The second-order valence-corrected chi connectivity index (χ2v) is 6.33. The Morgan fingerprint density at radius 1 is 1.11 bits per heavy atom. The minimum Gasteiger partial charge on any atom is -0.330 e. The second-order valence-electron chi connectivity index (χ2n) is 6.33. The number of fused-ring (bicyclic) bond motifs is 1. The standard InChI is InChI=1S/C16H27N3/c1-12-18-14-8-5-6-10-16(14)19(12)15-9-4-2-3-7-13(15)11-17/h13,15H,2-11,17H2,1H3. The number of hydrogen-bond acceptors (Lipinski definition) is 2. The molecule has 2 aliphatic carbocycles. The molecule has 0 saturated heterocycles. The molecule has 3 nitrogen and oxygen atoms in total. The van der Waals surface area contributed by atoms with Gasteiger partial charge in [-0.3, -0.25) is 0 Å². The third kappa shape index (κ3) is 2.45. The third-order valence-electron chi connectivity index (χ3n) is 5.10. The highest BCUT2D eigenvalue weighted by Crippen LogP contribution is 2.36. The van der Waals surface area contributed by atoms with E-state index in [1.807, 2.05) is 0 Å². The van der Waals surface area contributed by atoms with Crippen LogP contribution >= 0.6 is 0 Å². The Balaban J connectivity index is 1.97. The number of aryl methyl sites for hydroxylation is 2. The molecular formula is C16H27N3. The number of nitrogens with two attached hydrogens (primary N) is 1. The molecule has 106 valence electrons. The molecule has 1 aromatic heterocycles. The van der Waals surface area contributed by atoms with Crippen molar-refractivity contribution >= 4 is 0 Å². The zero-order chi connectivity index (χ0) is 13.2. The van der Waals surface area contributed by atoms with E-state index < -0.39 is 0 Å². The van der Waals surface area contributed by atoms with Gasteiger partial charge in [0.25, 0.3) is 0 Å². The fraction of sp³-hybridized carbons (Fsp3) is 0.812. The molecule has 3 rings (SSSR count). The predicted molar refractivity (Wildman–Crippen MR) is 78.3 cm³/mol. The van der Waals surface area contributed by atoms with Gasteiger partial charge in [-0.2, -0.15) is 0 Å². The molecule has 1 heterocycles. The summed E-state index contributed by atoms with van der Waals surface area (Å²) in [6.45, 7) is 3.02. The van der Waals surface area contributed by atoms with Gasteiger partial charge in [-0.25, -0.2) is 4.98 Å². The average Bonchev–Trinajstić information content (AvgIpc) is 2.61. The van der Waals surface area contributed by atoms with Crippen molar-refractivity contribution in [1.29, 1.82) is 0 Å². The van der Waals surface area contributed by atoms with E-state index >= 15 is 0 Å². The molecule has 1 saturated carbocycles. The molecular weight excluding hydrogens is 234 g/mol. The fourth-order valence-electron chi connectivity index (χ4n) is 4.12.